The number of hydrogen-bond donors (Lipinski definition) is 0. The van der Waals surface area contributed by atoms with Crippen molar-refractivity contribution in [2.45, 2.75) is 12.8 Å². The molecule has 82 valence electrons. The topological polar surface area (TPSA) is 29.5 Å². The summed E-state index contributed by atoms with van der Waals surface area (Å²) in [5.41, 5.74) is 0.661. The highest BCUT2D eigenvalue weighted by Gasteiger charge is 2.22. The predicted molar refractivity (Wildman–Crippen MR) is 65.9 cm³/mol. The Morgan fingerprint density at radius 3 is 2.80 bits per heavy atom. The molecular formula is C9H9Br2NO2S. The molecule has 0 aromatic carbocycles. The van der Waals surface area contributed by atoms with Gasteiger partial charge in [-0.1, -0.05) is 0 Å². The van der Waals surface area contributed by atoms with Crippen LogP contribution in [0.1, 0.15) is 23.2 Å². The minimum atomic E-state index is -0.0662. The number of rotatable bonds is 1. The first-order valence-corrected chi connectivity index (χ1v) is 6.98. The van der Waals surface area contributed by atoms with Crippen molar-refractivity contribution in [3.63, 3.8) is 0 Å². The number of carbonyl (C=O) groups excluding carboxylic acids is 1. The van der Waals surface area contributed by atoms with E-state index in [1.807, 2.05) is 6.07 Å². The molecular weight excluding hydrogens is 346 g/mol. The van der Waals surface area contributed by atoms with Crippen LogP contribution in [0.4, 0.5) is 0 Å². The SMILES string of the molecule is O=C(c1cc(Br)sc1Br)N1CCCCO1. The molecule has 2 rings (SSSR count). The van der Waals surface area contributed by atoms with E-state index in [0.29, 0.717) is 18.7 Å². The summed E-state index contributed by atoms with van der Waals surface area (Å²) in [6, 6.07) is 1.81. The van der Waals surface area contributed by atoms with E-state index in [0.717, 1.165) is 20.4 Å². The molecule has 1 saturated heterocycles. The van der Waals surface area contributed by atoms with Crippen LogP contribution < -0.4 is 0 Å². The van der Waals surface area contributed by atoms with Crippen LogP contribution in [-0.4, -0.2) is 24.1 Å². The Hall–Kier alpha value is 0.0900. The molecule has 1 aliphatic rings. The van der Waals surface area contributed by atoms with Crippen LogP contribution in [0.5, 0.6) is 0 Å². The van der Waals surface area contributed by atoms with E-state index in [4.69, 9.17) is 4.84 Å². The first-order chi connectivity index (χ1) is 7.18. The summed E-state index contributed by atoms with van der Waals surface area (Å²) >= 11 is 8.21. The Morgan fingerprint density at radius 1 is 1.47 bits per heavy atom. The Morgan fingerprint density at radius 2 is 2.27 bits per heavy atom. The third kappa shape index (κ3) is 2.61. The molecule has 2 heterocycles. The van der Waals surface area contributed by atoms with Crippen LogP contribution >= 0.6 is 43.2 Å². The van der Waals surface area contributed by atoms with Gasteiger partial charge in [-0.2, -0.15) is 0 Å². The van der Waals surface area contributed by atoms with Crippen LogP contribution in [0.15, 0.2) is 13.6 Å². The molecule has 0 N–H and O–H groups in total. The molecule has 1 amide bonds. The van der Waals surface area contributed by atoms with E-state index in [-0.39, 0.29) is 5.91 Å². The minimum absolute atomic E-state index is 0.0662. The zero-order chi connectivity index (χ0) is 10.8. The van der Waals surface area contributed by atoms with E-state index in [1.165, 1.54) is 16.4 Å². The van der Waals surface area contributed by atoms with Gasteiger partial charge in [0.05, 0.1) is 19.7 Å². The van der Waals surface area contributed by atoms with Crippen molar-refractivity contribution in [3.05, 3.63) is 19.2 Å². The average molecular weight is 355 g/mol. The number of halogens is 2. The van der Waals surface area contributed by atoms with Gasteiger partial charge in [0.25, 0.3) is 5.91 Å². The van der Waals surface area contributed by atoms with E-state index in [9.17, 15) is 4.79 Å². The highest BCUT2D eigenvalue weighted by Crippen LogP contribution is 2.32. The Kier molecular flexibility index (Phi) is 3.82. The van der Waals surface area contributed by atoms with Gasteiger partial charge in [-0.25, -0.2) is 5.06 Å². The summed E-state index contributed by atoms with van der Waals surface area (Å²) in [7, 11) is 0. The van der Waals surface area contributed by atoms with Crippen LogP contribution in [-0.2, 0) is 4.84 Å². The monoisotopic (exact) mass is 353 g/mol. The van der Waals surface area contributed by atoms with Crippen molar-refractivity contribution >= 4 is 49.1 Å². The summed E-state index contributed by atoms with van der Waals surface area (Å²) in [5, 5.41) is 1.45. The van der Waals surface area contributed by atoms with Gasteiger partial charge in [0.15, 0.2) is 0 Å². The van der Waals surface area contributed by atoms with Crippen molar-refractivity contribution in [2.75, 3.05) is 13.2 Å². The van der Waals surface area contributed by atoms with E-state index in [1.54, 1.807) is 0 Å². The molecule has 1 fully saturated rings. The van der Waals surface area contributed by atoms with E-state index >= 15 is 0 Å². The van der Waals surface area contributed by atoms with Gasteiger partial charge in [-0.3, -0.25) is 9.63 Å². The predicted octanol–water partition coefficient (Wildman–Crippen LogP) is 3.44. The van der Waals surface area contributed by atoms with Gasteiger partial charge in [-0.15, -0.1) is 11.3 Å². The van der Waals surface area contributed by atoms with Crippen molar-refractivity contribution in [3.8, 4) is 0 Å². The average Bonchev–Trinajstić information content (AvgIpc) is 2.58. The van der Waals surface area contributed by atoms with E-state index in [2.05, 4.69) is 31.9 Å². The van der Waals surface area contributed by atoms with Crippen LogP contribution in [0.2, 0.25) is 0 Å². The fourth-order valence-corrected chi connectivity index (χ4v) is 4.15. The number of thiophene rings is 1. The smallest absolute Gasteiger partial charge is 0.271 e. The van der Waals surface area contributed by atoms with Crippen LogP contribution in [0, 0.1) is 0 Å². The summed E-state index contributed by atoms with van der Waals surface area (Å²) in [4.78, 5) is 17.3. The largest absolute Gasteiger partial charge is 0.279 e. The number of hydrogen-bond acceptors (Lipinski definition) is 3. The van der Waals surface area contributed by atoms with Crippen molar-refractivity contribution in [2.24, 2.45) is 0 Å². The molecule has 15 heavy (non-hydrogen) atoms. The lowest BCUT2D eigenvalue weighted by Crippen LogP contribution is -2.35. The van der Waals surface area contributed by atoms with Crippen molar-refractivity contribution in [1.29, 1.82) is 0 Å². The molecule has 1 aromatic heterocycles. The maximum absolute atomic E-state index is 12.0. The molecule has 1 aliphatic heterocycles. The molecule has 0 radical (unpaired) electrons. The fourth-order valence-electron chi connectivity index (χ4n) is 1.38. The molecule has 0 unspecified atom stereocenters. The Bertz CT molecular complexity index is 374. The number of hydroxylamine groups is 2. The normalized spacial score (nSPS) is 16.8. The first-order valence-electron chi connectivity index (χ1n) is 4.58. The summed E-state index contributed by atoms with van der Waals surface area (Å²) in [6.45, 7) is 1.31. The lowest BCUT2D eigenvalue weighted by Gasteiger charge is -2.25. The second-order valence-corrected chi connectivity index (χ2v) is 6.93. The molecule has 0 atom stereocenters. The quantitative estimate of drug-likeness (QED) is 0.773. The van der Waals surface area contributed by atoms with Gasteiger partial charge < -0.3 is 0 Å². The molecule has 0 aliphatic carbocycles. The van der Waals surface area contributed by atoms with Gasteiger partial charge in [0.2, 0.25) is 0 Å². The van der Waals surface area contributed by atoms with Crippen molar-refractivity contribution < 1.29 is 9.63 Å². The number of amides is 1. The van der Waals surface area contributed by atoms with Crippen LogP contribution in [0.3, 0.4) is 0 Å². The van der Waals surface area contributed by atoms with Gasteiger partial charge in [0.1, 0.15) is 0 Å². The fraction of sp³-hybridized carbons (Fsp3) is 0.444. The molecule has 6 heteroatoms. The third-order valence-corrected chi connectivity index (χ3v) is 4.46. The summed E-state index contributed by atoms with van der Waals surface area (Å²) < 4.78 is 1.78. The zero-order valence-corrected chi connectivity index (χ0v) is 11.8. The maximum atomic E-state index is 12.0. The summed E-state index contributed by atoms with van der Waals surface area (Å²) in [5.74, 6) is -0.0662. The zero-order valence-electron chi connectivity index (χ0n) is 7.83. The standard InChI is InChI=1S/C9H9Br2NO2S/c10-7-5-6(8(11)15-7)9(13)12-3-1-2-4-14-12/h5H,1-4H2. The number of carbonyl (C=O) groups is 1. The molecule has 0 saturated carbocycles. The maximum Gasteiger partial charge on any atom is 0.279 e. The third-order valence-electron chi connectivity index (χ3n) is 2.12. The molecule has 0 spiro atoms. The van der Waals surface area contributed by atoms with Crippen LogP contribution in [0.25, 0.3) is 0 Å². The highest BCUT2D eigenvalue weighted by atomic mass is 79.9. The van der Waals surface area contributed by atoms with Gasteiger partial charge >= 0.3 is 0 Å². The minimum Gasteiger partial charge on any atom is -0.271 e. The van der Waals surface area contributed by atoms with Gasteiger partial charge in [0, 0.05) is 6.54 Å². The number of nitrogens with zero attached hydrogens (tertiary/aromatic N) is 1. The Balaban J connectivity index is 2.16. The lowest BCUT2D eigenvalue weighted by molar-refractivity contribution is -0.144. The summed E-state index contributed by atoms with van der Waals surface area (Å²) in [6.07, 6.45) is 2.03. The van der Waals surface area contributed by atoms with Crippen molar-refractivity contribution in [1.82, 2.24) is 5.06 Å². The molecule has 3 nitrogen and oxygen atoms in total. The Labute approximate surface area is 109 Å². The molecule has 1 aromatic rings. The van der Waals surface area contributed by atoms with E-state index < -0.39 is 0 Å². The second kappa shape index (κ2) is 4.95. The first kappa shape index (κ1) is 11.6. The lowest BCUT2D eigenvalue weighted by atomic mass is 10.2. The molecule has 0 bridgehead atoms. The second-order valence-electron chi connectivity index (χ2n) is 3.19. The highest BCUT2D eigenvalue weighted by molar-refractivity contribution is 9.12. The van der Waals surface area contributed by atoms with Gasteiger partial charge in [-0.05, 0) is 50.8 Å².